The molecule has 0 aliphatic carbocycles. The molecule has 1 fully saturated rings. The summed E-state index contributed by atoms with van der Waals surface area (Å²) in [7, 11) is 0. The Morgan fingerprint density at radius 2 is 1.11 bits per heavy atom. The number of nitrogens with zero attached hydrogens (tertiary/aromatic N) is 3. The molecule has 61 heavy (non-hydrogen) atoms. The second-order valence-corrected chi connectivity index (χ2v) is 18.1. The molecule has 6 rings (SSSR count). The number of esters is 2. The van der Waals surface area contributed by atoms with Crippen molar-refractivity contribution in [2.45, 2.75) is 26.6 Å². The van der Waals surface area contributed by atoms with E-state index in [1.165, 1.54) is 53.4 Å². The molecule has 5 aromatic carbocycles. The lowest BCUT2D eigenvalue weighted by Gasteiger charge is -2.49. The second kappa shape index (κ2) is 19.4. The molecule has 0 aromatic heterocycles. The molecule has 1 saturated heterocycles. The van der Waals surface area contributed by atoms with Crippen molar-refractivity contribution < 1.29 is 48.0 Å². The molecule has 1 aliphatic heterocycles. The third kappa shape index (κ3) is 9.61. The summed E-state index contributed by atoms with van der Waals surface area (Å²) in [5.74, 6) is -3.20. The number of ketones is 1. The van der Waals surface area contributed by atoms with Gasteiger partial charge in [-0.2, -0.15) is 0 Å². The molecule has 1 amide bonds. The van der Waals surface area contributed by atoms with E-state index in [1.54, 1.807) is 0 Å². The smallest absolute Gasteiger partial charge is 0.367 e. The number of non-ortho nitro benzene ring substituents is 2. The first kappa shape index (κ1) is 43.7. The Morgan fingerprint density at radius 3 is 1.52 bits per heavy atom. The van der Waals surface area contributed by atoms with Gasteiger partial charge in [0.05, 0.1) is 9.85 Å². The lowest BCUT2D eigenvalue weighted by atomic mass is 9.72. The van der Waals surface area contributed by atoms with Gasteiger partial charge < -0.3 is 19.1 Å². The maximum Gasteiger partial charge on any atom is 0.367 e. The first-order valence-electron chi connectivity index (χ1n) is 18.7. The molecule has 0 N–H and O–H groups in total. The van der Waals surface area contributed by atoms with Crippen LogP contribution in [0.4, 0.5) is 16.2 Å². The van der Waals surface area contributed by atoms with Gasteiger partial charge in [-0.3, -0.25) is 34.6 Å². The number of rotatable bonds is 17. The minimum absolute atomic E-state index is 0.0333. The van der Waals surface area contributed by atoms with E-state index in [0.29, 0.717) is 38.8 Å². The fourth-order valence-corrected chi connectivity index (χ4v) is 12.0. The van der Waals surface area contributed by atoms with Gasteiger partial charge in [0.2, 0.25) is 5.91 Å². The van der Waals surface area contributed by atoms with Crippen LogP contribution in [-0.2, 0) is 46.6 Å². The van der Waals surface area contributed by atoms with Crippen molar-refractivity contribution in [1.29, 1.82) is 0 Å². The highest BCUT2D eigenvalue weighted by Gasteiger charge is 2.60. The molecule has 0 unspecified atom stereocenters. The Hall–Kier alpha value is -6.90. The molecular weight excluding hydrogens is 826 g/mol. The van der Waals surface area contributed by atoms with Crippen molar-refractivity contribution in [3.63, 3.8) is 0 Å². The van der Waals surface area contributed by atoms with Gasteiger partial charge in [-0.15, -0.1) is 0 Å². The van der Waals surface area contributed by atoms with Gasteiger partial charge in [-0.05, 0) is 69.5 Å². The van der Waals surface area contributed by atoms with E-state index in [1.807, 2.05) is 91.0 Å². The Kier molecular flexibility index (Phi) is 13.9. The summed E-state index contributed by atoms with van der Waals surface area (Å²) in [5, 5.41) is 23.7. The molecule has 1 aliphatic rings. The van der Waals surface area contributed by atoms with Gasteiger partial charge in [-0.1, -0.05) is 91.0 Å². The largest absolute Gasteiger partial charge is 0.458 e. The van der Waals surface area contributed by atoms with Crippen LogP contribution in [0.1, 0.15) is 24.5 Å². The fourth-order valence-electron chi connectivity index (χ4n) is 6.92. The van der Waals surface area contributed by atoms with E-state index >= 15 is 4.79 Å². The summed E-state index contributed by atoms with van der Waals surface area (Å²) >= 11 is 0.711. The summed E-state index contributed by atoms with van der Waals surface area (Å²) < 4.78 is 16.4. The number of β-lactam (4-membered cyclic amide) rings is 1. The van der Waals surface area contributed by atoms with Crippen LogP contribution in [-0.4, -0.2) is 68.0 Å². The van der Waals surface area contributed by atoms with Gasteiger partial charge in [0, 0.05) is 50.4 Å². The van der Waals surface area contributed by atoms with Gasteiger partial charge in [0.1, 0.15) is 24.0 Å². The van der Waals surface area contributed by atoms with Crippen LogP contribution in [0.15, 0.2) is 140 Å². The number of Topliss-reactive ketones (excluding diaryl/α,β-unsaturated/α-hetero) is 1. The molecule has 0 bridgehead atoms. The average molecular weight is 864 g/mol. The summed E-state index contributed by atoms with van der Waals surface area (Å²) in [6.07, 6.45) is -0.196. The fraction of sp³-hybridized carbons (Fsp3) is 0.182. The molecular formula is C44H38N3O12PS. The monoisotopic (exact) mass is 863 g/mol. The predicted molar refractivity (Wildman–Crippen MR) is 229 cm³/mol. The van der Waals surface area contributed by atoms with Crippen molar-refractivity contribution >= 4 is 80.3 Å². The number of hydrogen-bond acceptors (Lipinski definition) is 13. The third-order valence-electron chi connectivity index (χ3n) is 9.98. The number of nitro groups is 2. The number of thioether (sulfide) groups is 1. The normalized spacial score (nSPS) is 14.6. The maximum absolute atomic E-state index is 15.0. The van der Waals surface area contributed by atoms with E-state index in [0.717, 1.165) is 6.92 Å². The maximum atomic E-state index is 15.0. The third-order valence-corrected chi connectivity index (χ3v) is 15.0. The first-order chi connectivity index (χ1) is 29.4. The van der Waals surface area contributed by atoms with Crippen LogP contribution in [0, 0.1) is 25.6 Å². The Labute approximate surface area is 353 Å². The molecule has 0 radical (unpaired) electrons. The van der Waals surface area contributed by atoms with Crippen molar-refractivity contribution in [2.24, 2.45) is 5.41 Å². The number of ether oxygens (including phenoxy) is 3. The molecule has 17 heteroatoms. The van der Waals surface area contributed by atoms with E-state index in [-0.39, 0.29) is 48.7 Å². The molecule has 5 aromatic rings. The van der Waals surface area contributed by atoms with Crippen LogP contribution < -0.4 is 15.9 Å². The number of carbonyl (C=O) groups excluding carboxylic acids is 5. The number of nitro benzene ring substituents is 2. The van der Waals surface area contributed by atoms with Crippen LogP contribution >= 0.6 is 18.6 Å². The zero-order valence-corrected chi connectivity index (χ0v) is 34.3. The highest BCUT2D eigenvalue weighted by Crippen LogP contribution is 2.50. The summed E-state index contributed by atoms with van der Waals surface area (Å²) in [4.78, 5) is 91.2. The van der Waals surface area contributed by atoms with Crippen LogP contribution in [0.2, 0.25) is 0 Å². The zero-order valence-electron chi connectivity index (χ0n) is 32.6. The topological polar surface area (TPSA) is 203 Å². The summed E-state index contributed by atoms with van der Waals surface area (Å²) in [6, 6.07) is 38.5. The van der Waals surface area contributed by atoms with Gasteiger partial charge >= 0.3 is 17.2 Å². The lowest BCUT2D eigenvalue weighted by Crippen LogP contribution is -2.69. The molecule has 15 nitrogen and oxygen atoms in total. The quantitative estimate of drug-likeness (QED) is 0.0198. The number of likely N-dealkylation sites (tertiary alicyclic amines) is 1. The molecule has 0 spiro atoms. The molecule has 0 saturated carbocycles. The van der Waals surface area contributed by atoms with Gasteiger partial charge in [-0.25, -0.2) is 9.59 Å². The standard InChI is InChI=1S/C44H38N3O12PS/c1-31(48)57-29-39(49)44(25-26-61-43(52)59-28-33-19-23-35(24-20-33)47(55)56)30-45(42(44)51)40(41(50)58-27-32-17-21-34(22-18-32)46(53)54)60(36-11-5-2-6-12-36,37-13-7-3-8-14-37)38-15-9-4-10-16-38/h2-24H,25-30H2,1H3/t44-/m0/s1. The predicted octanol–water partition coefficient (Wildman–Crippen LogP) is 6.09. The number of carbonyl (C=O) groups is 5. The highest BCUT2D eigenvalue weighted by atomic mass is 32.2. The summed E-state index contributed by atoms with van der Waals surface area (Å²) in [5.41, 5.74) is -1.19. The minimum atomic E-state index is -3.38. The van der Waals surface area contributed by atoms with E-state index in [9.17, 15) is 39.4 Å². The Bertz CT molecular complexity index is 2400. The Balaban J connectivity index is 1.41. The highest BCUT2D eigenvalue weighted by molar-refractivity contribution is 8.13. The van der Waals surface area contributed by atoms with Gasteiger partial charge in [0.25, 0.3) is 11.4 Å². The first-order valence-corrected chi connectivity index (χ1v) is 21.5. The SMILES string of the molecule is CC(=O)OCC(=O)[C@]1(CCSC(=O)OCc2ccc([N+](=O)[O-])cc2)CN(C(C(=O)OCc2ccc([N+](=O)[O-])cc2)=P(c2ccccc2)(c2ccccc2)c2ccccc2)C1=O. The number of hydrogen-bond donors (Lipinski definition) is 0. The zero-order chi connectivity index (χ0) is 43.6. The van der Waals surface area contributed by atoms with Crippen molar-refractivity contribution in [3.8, 4) is 0 Å². The minimum Gasteiger partial charge on any atom is -0.458 e. The van der Waals surface area contributed by atoms with Crippen LogP contribution in [0.3, 0.4) is 0 Å². The number of benzene rings is 5. The Morgan fingerprint density at radius 1 is 0.672 bits per heavy atom. The summed E-state index contributed by atoms with van der Waals surface area (Å²) in [6.45, 7) is -3.82. The van der Waals surface area contributed by atoms with E-state index in [2.05, 4.69) is 0 Å². The van der Waals surface area contributed by atoms with Crippen LogP contribution in [0.25, 0.3) is 0 Å². The molecule has 1 heterocycles. The van der Waals surface area contributed by atoms with Gasteiger partial charge in [0.15, 0.2) is 12.4 Å². The van der Waals surface area contributed by atoms with E-state index in [4.69, 9.17) is 14.2 Å². The lowest BCUT2D eigenvalue weighted by molar-refractivity contribution is -0.385. The number of amides is 1. The van der Waals surface area contributed by atoms with Crippen LogP contribution in [0.5, 0.6) is 0 Å². The van der Waals surface area contributed by atoms with Crippen molar-refractivity contribution in [3.05, 3.63) is 171 Å². The second-order valence-electron chi connectivity index (χ2n) is 13.7. The molecule has 312 valence electrons. The van der Waals surface area contributed by atoms with E-state index < -0.39 is 57.7 Å². The van der Waals surface area contributed by atoms with Crippen molar-refractivity contribution in [1.82, 2.24) is 4.90 Å². The van der Waals surface area contributed by atoms with Crippen molar-refractivity contribution in [2.75, 3.05) is 18.9 Å². The average Bonchev–Trinajstić information content (AvgIpc) is 3.28. The molecule has 1 atom stereocenters.